The van der Waals surface area contributed by atoms with Gasteiger partial charge in [0.2, 0.25) is 0 Å². The van der Waals surface area contributed by atoms with Gasteiger partial charge in [-0.15, -0.1) is 0 Å². The Balaban J connectivity index is 1.94. The maximum absolute atomic E-state index is 6.02. The predicted molar refractivity (Wildman–Crippen MR) is 61.3 cm³/mol. The number of hydrogen-bond acceptors (Lipinski definition) is 3. The van der Waals surface area contributed by atoms with E-state index in [0.717, 1.165) is 32.0 Å². The van der Waals surface area contributed by atoms with Crippen molar-refractivity contribution in [3.05, 3.63) is 30.1 Å². The van der Waals surface area contributed by atoms with Crippen LogP contribution < -0.4 is 5.73 Å². The molecule has 2 unspecified atom stereocenters. The van der Waals surface area contributed by atoms with Crippen LogP contribution in [0.25, 0.3) is 0 Å². The summed E-state index contributed by atoms with van der Waals surface area (Å²) in [4.78, 5) is 6.46. The number of rotatable bonds is 2. The highest BCUT2D eigenvalue weighted by atomic mass is 15.1. The van der Waals surface area contributed by atoms with Crippen LogP contribution in [0.1, 0.15) is 18.9 Å². The number of pyridine rings is 1. The first kappa shape index (κ1) is 10.6. The van der Waals surface area contributed by atoms with Gasteiger partial charge in [0.1, 0.15) is 0 Å². The van der Waals surface area contributed by atoms with Crippen LogP contribution in [0.2, 0.25) is 0 Å². The lowest BCUT2D eigenvalue weighted by Crippen LogP contribution is -2.45. The van der Waals surface area contributed by atoms with Gasteiger partial charge in [-0.1, -0.05) is 6.92 Å². The van der Waals surface area contributed by atoms with E-state index in [1.807, 2.05) is 12.4 Å². The molecule has 82 valence electrons. The van der Waals surface area contributed by atoms with E-state index < -0.39 is 0 Å². The van der Waals surface area contributed by atoms with Crippen LogP contribution in [-0.2, 0) is 6.54 Å². The van der Waals surface area contributed by atoms with Crippen molar-refractivity contribution in [3.63, 3.8) is 0 Å². The summed E-state index contributed by atoms with van der Waals surface area (Å²) in [5, 5.41) is 0. The monoisotopic (exact) mass is 205 g/mol. The van der Waals surface area contributed by atoms with Gasteiger partial charge < -0.3 is 5.73 Å². The summed E-state index contributed by atoms with van der Waals surface area (Å²) in [7, 11) is 0. The van der Waals surface area contributed by atoms with Gasteiger partial charge in [0.05, 0.1) is 0 Å². The Labute approximate surface area is 91.3 Å². The number of aromatic nitrogens is 1. The largest absolute Gasteiger partial charge is 0.327 e. The smallest absolute Gasteiger partial charge is 0.0271 e. The fourth-order valence-electron chi connectivity index (χ4n) is 2.39. The Bertz CT molecular complexity index is 289. The lowest BCUT2D eigenvalue weighted by Gasteiger charge is -2.34. The van der Waals surface area contributed by atoms with E-state index in [4.69, 9.17) is 5.73 Å². The molecule has 3 heteroatoms. The van der Waals surface area contributed by atoms with Gasteiger partial charge in [0, 0.05) is 38.1 Å². The second-order valence-corrected chi connectivity index (χ2v) is 4.65. The van der Waals surface area contributed by atoms with Gasteiger partial charge in [0.15, 0.2) is 0 Å². The van der Waals surface area contributed by atoms with E-state index in [1.54, 1.807) is 0 Å². The molecule has 2 heterocycles. The minimum atomic E-state index is 0.343. The predicted octanol–water partition coefficient (Wildman–Crippen LogP) is 1.25. The molecule has 15 heavy (non-hydrogen) atoms. The van der Waals surface area contributed by atoms with E-state index in [-0.39, 0.29) is 0 Å². The minimum Gasteiger partial charge on any atom is -0.327 e. The average molecular weight is 205 g/mol. The zero-order valence-electron chi connectivity index (χ0n) is 9.26. The molecular weight excluding hydrogens is 186 g/mol. The van der Waals surface area contributed by atoms with Gasteiger partial charge in [0.25, 0.3) is 0 Å². The van der Waals surface area contributed by atoms with Crippen LogP contribution in [0.3, 0.4) is 0 Å². The first-order valence-corrected chi connectivity index (χ1v) is 5.61. The molecular formula is C12H19N3. The van der Waals surface area contributed by atoms with E-state index in [1.165, 1.54) is 5.56 Å². The third-order valence-corrected chi connectivity index (χ3v) is 2.92. The molecule has 1 saturated heterocycles. The zero-order valence-corrected chi connectivity index (χ0v) is 9.26. The molecule has 0 radical (unpaired) electrons. The molecule has 1 aromatic heterocycles. The van der Waals surface area contributed by atoms with Crippen molar-refractivity contribution in [1.82, 2.24) is 9.88 Å². The quantitative estimate of drug-likeness (QED) is 0.790. The molecule has 0 amide bonds. The Morgan fingerprint density at radius 1 is 1.40 bits per heavy atom. The SMILES string of the molecule is CC1CC(N)CN(Cc2ccncc2)C1. The van der Waals surface area contributed by atoms with Gasteiger partial charge >= 0.3 is 0 Å². The van der Waals surface area contributed by atoms with Crippen molar-refractivity contribution < 1.29 is 0 Å². The second-order valence-electron chi connectivity index (χ2n) is 4.65. The van der Waals surface area contributed by atoms with Crippen molar-refractivity contribution in [2.75, 3.05) is 13.1 Å². The molecule has 3 nitrogen and oxygen atoms in total. The maximum atomic E-state index is 6.02. The third-order valence-electron chi connectivity index (χ3n) is 2.92. The molecule has 0 saturated carbocycles. The third kappa shape index (κ3) is 3.01. The van der Waals surface area contributed by atoms with Crippen molar-refractivity contribution in [2.45, 2.75) is 25.9 Å². The zero-order chi connectivity index (χ0) is 10.7. The molecule has 2 atom stereocenters. The normalized spacial score (nSPS) is 27.9. The molecule has 1 aromatic rings. The average Bonchev–Trinajstić information content (AvgIpc) is 2.17. The number of likely N-dealkylation sites (tertiary alicyclic amines) is 1. The van der Waals surface area contributed by atoms with Crippen molar-refractivity contribution in [3.8, 4) is 0 Å². The highest BCUT2D eigenvalue weighted by Gasteiger charge is 2.21. The fraction of sp³-hybridized carbons (Fsp3) is 0.583. The summed E-state index contributed by atoms with van der Waals surface area (Å²) >= 11 is 0. The van der Waals surface area contributed by atoms with E-state index >= 15 is 0 Å². The standard InChI is InChI=1S/C12H19N3/c1-10-6-12(13)9-15(7-10)8-11-2-4-14-5-3-11/h2-5,10,12H,6-9,13H2,1H3. The molecule has 2 N–H and O–H groups in total. The summed E-state index contributed by atoms with van der Waals surface area (Å²) in [6.07, 6.45) is 4.86. The van der Waals surface area contributed by atoms with Crippen LogP contribution in [0, 0.1) is 5.92 Å². The van der Waals surface area contributed by atoms with Crippen LogP contribution in [-0.4, -0.2) is 29.0 Å². The van der Waals surface area contributed by atoms with E-state index in [0.29, 0.717) is 6.04 Å². The van der Waals surface area contributed by atoms with Crippen molar-refractivity contribution in [2.24, 2.45) is 11.7 Å². The van der Waals surface area contributed by atoms with Crippen LogP contribution >= 0.6 is 0 Å². The lowest BCUT2D eigenvalue weighted by molar-refractivity contribution is 0.158. The van der Waals surface area contributed by atoms with Crippen LogP contribution in [0.15, 0.2) is 24.5 Å². The van der Waals surface area contributed by atoms with Crippen LogP contribution in [0.5, 0.6) is 0 Å². The first-order valence-electron chi connectivity index (χ1n) is 5.61. The van der Waals surface area contributed by atoms with Gasteiger partial charge in [-0.3, -0.25) is 9.88 Å². The molecule has 2 rings (SSSR count). The molecule has 0 aromatic carbocycles. The van der Waals surface area contributed by atoms with Gasteiger partial charge in [-0.05, 0) is 30.0 Å². The summed E-state index contributed by atoms with van der Waals surface area (Å²) in [5.41, 5.74) is 7.34. The van der Waals surface area contributed by atoms with Crippen LogP contribution in [0.4, 0.5) is 0 Å². The minimum absolute atomic E-state index is 0.343. The highest BCUT2D eigenvalue weighted by Crippen LogP contribution is 2.16. The van der Waals surface area contributed by atoms with Gasteiger partial charge in [-0.25, -0.2) is 0 Å². The highest BCUT2D eigenvalue weighted by molar-refractivity contribution is 5.09. The molecule has 1 aliphatic heterocycles. The fourth-order valence-corrected chi connectivity index (χ4v) is 2.39. The molecule has 0 bridgehead atoms. The second kappa shape index (κ2) is 4.73. The molecule has 0 spiro atoms. The number of nitrogens with two attached hydrogens (primary N) is 1. The molecule has 0 aliphatic carbocycles. The van der Waals surface area contributed by atoms with E-state index in [9.17, 15) is 0 Å². The Morgan fingerprint density at radius 2 is 2.13 bits per heavy atom. The summed E-state index contributed by atoms with van der Waals surface area (Å²) < 4.78 is 0. The Morgan fingerprint density at radius 3 is 2.80 bits per heavy atom. The number of piperidine rings is 1. The first-order chi connectivity index (χ1) is 7.24. The topological polar surface area (TPSA) is 42.1 Å². The molecule has 1 aliphatic rings. The lowest BCUT2D eigenvalue weighted by atomic mass is 9.96. The van der Waals surface area contributed by atoms with Gasteiger partial charge in [-0.2, -0.15) is 0 Å². The molecule has 1 fully saturated rings. The maximum Gasteiger partial charge on any atom is 0.0271 e. The van der Waals surface area contributed by atoms with Crippen molar-refractivity contribution in [1.29, 1.82) is 0 Å². The summed E-state index contributed by atoms with van der Waals surface area (Å²) in [5.74, 6) is 0.718. The van der Waals surface area contributed by atoms with E-state index in [2.05, 4.69) is 28.9 Å². The summed E-state index contributed by atoms with van der Waals surface area (Å²) in [6.45, 7) is 5.46. The number of nitrogens with zero attached hydrogens (tertiary/aromatic N) is 2. The number of hydrogen-bond donors (Lipinski definition) is 1. The summed E-state index contributed by atoms with van der Waals surface area (Å²) in [6, 6.07) is 4.49. The van der Waals surface area contributed by atoms with Crippen molar-refractivity contribution >= 4 is 0 Å². The Kier molecular flexibility index (Phi) is 3.34. The Hall–Kier alpha value is -0.930.